The van der Waals surface area contributed by atoms with Gasteiger partial charge in [-0.25, -0.2) is 0 Å². The minimum Gasteiger partial charge on any atom is -0.385 e. The minimum absolute atomic E-state index is 0.419. The van der Waals surface area contributed by atoms with Crippen molar-refractivity contribution >= 4 is 11.8 Å². The van der Waals surface area contributed by atoms with Gasteiger partial charge in [-0.05, 0) is 18.1 Å². The van der Waals surface area contributed by atoms with Gasteiger partial charge < -0.3 is 4.74 Å². The molecule has 0 saturated heterocycles. The molecule has 0 saturated carbocycles. The van der Waals surface area contributed by atoms with Crippen molar-refractivity contribution in [2.45, 2.75) is 38.0 Å². The summed E-state index contributed by atoms with van der Waals surface area (Å²) in [6.45, 7) is 5.23. The third-order valence-corrected chi connectivity index (χ3v) is 3.03. The van der Waals surface area contributed by atoms with Gasteiger partial charge in [0.25, 0.3) is 0 Å². The molecule has 1 atom stereocenters. The van der Waals surface area contributed by atoms with Crippen LogP contribution in [0.4, 0.5) is 0 Å². The van der Waals surface area contributed by atoms with Crippen LogP contribution >= 0.6 is 11.8 Å². The van der Waals surface area contributed by atoms with Gasteiger partial charge in [-0.1, -0.05) is 13.8 Å². The number of ether oxygens (including phenoxy) is 1. The zero-order valence-electron chi connectivity index (χ0n) is 8.88. The van der Waals surface area contributed by atoms with E-state index in [1.165, 1.54) is 0 Å². The average molecular weight is 206 g/mol. The number of nitrogens with one attached hydrogen (secondary N) is 1. The van der Waals surface area contributed by atoms with Crippen molar-refractivity contribution in [1.82, 2.24) is 5.43 Å². The van der Waals surface area contributed by atoms with Crippen LogP contribution in [0.2, 0.25) is 0 Å². The Morgan fingerprint density at radius 3 is 2.62 bits per heavy atom. The third kappa shape index (κ3) is 8.56. The van der Waals surface area contributed by atoms with Gasteiger partial charge in [0.2, 0.25) is 0 Å². The molecule has 0 fully saturated rings. The number of nitrogens with two attached hydrogens (primary N) is 1. The van der Waals surface area contributed by atoms with Gasteiger partial charge in [0, 0.05) is 25.5 Å². The zero-order chi connectivity index (χ0) is 10.1. The van der Waals surface area contributed by atoms with Gasteiger partial charge in [0.05, 0.1) is 0 Å². The Morgan fingerprint density at radius 2 is 2.15 bits per heavy atom. The van der Waals surface area contributed by atoms with Crippen molar-refractivity contribution in [3.8, 4) is 0 Å². The molecule has 0 amide bonds. The van der Waals surface area contributed by atoms with Crippen molar-refractivity contribution in [3.05, 3.63) is 0 Å². The van der Waals surface area contributed by atoms with E-state index in [-0.39, 0.29) is 0 Å². The molecule has 0 spiro atoms. The molecule has 0 aliphatic carbocycles. The molecule has 3 nitrogen and oxygen atoms in total. The van der Waals surface area contributed by atoms with E-state index in [4.69, 9.17) is 10.6 Å². The molecule has 1 unspecified atom stereocenters. The maximum Gasteiger partial charge on any atom is 0.0462 e. The average Bonchev–Trinajstić information content (AvgIpc) is 2.10. The molecule has 0 aromatic carbocycles. The Labute approximate surface area is 85.8 Å². The minimum atomic E-state index is 0.419. The standard InChI is InChI=1S/C9H22N2OS/c1-8(2)13-7-9(11-10)5-4-6-12-3/h8-9,11H,4-7,10H2,1-3H3. The quantitative estimate of drug-likeness (QED) is 0.358. The van der Waals surface area contributed by atoms with Crippen LogP contribution in [0.5, 0.6) is 0 Å². The molecular formula is C9H22N2OS. The molecule has 0 radical (unpaired) electrons. The lowest BCUT2D eigenvalue weighted by Crippen LogP contribution is -2.37. The maximum atomic E-state index is 5.44. The molecule has 0 aromatic heterocycles. The second-order valence-corrected chi connectivity index (χ2v) is 4.99. The van der Waals surface area contributed by atoms with E-state index in [0.717, 1.165) is 25.2 Å². The zero-order valence-corrected chi connectivity index (χ0v) is 9.69. The Bertz CT molecular complexity index is 112. The predicted molar refractivity (Wildman–Crippen MR) is 59.8 cm³/mol. The van der Waals surface area contributed by atoms with Gasteiger partial charge in [0.1, 0.15) is 0 Å². The lowest BCUT2D eigenvalue weighted by Gasteiger charge is -2.16. The van der Waals surface area contributed by atoms with Crippen LogP contribution < -0.4 is 11.3 Å². The molecule has 0 heterocycles. The van der Waals surface area contributed by atoms with Crippen LogP contribution in [0.25, 0.3) is 0 Å². The van der Waals surface area contributed by atoms with Gasteiger partial charge >= 0.3 is 0 Å². The monoisotopic (exact) mass is 206 g/mol. The molecule has 0 aliphatic heterocycles. The first-order valence-corrected chi connectivity index (χ1v) is 5.82. The molecule has 3 N–H and O–H groups in total. The van der Waals surface area contributed by atoms with E-state index < -0.39 is 0 Å². The van der Waals surface area contributed by atoms with Crippen molar-refractivity contribution in [3.63, 3.8) is 0 Å². The summed E-state index contributed by atoms with van der Waals surface area (Å²) in [5.41, 5.74) is 2.84. The van der Waals surface area contributed by atoms with Crippen LogP contribution in [0.15, 0.2) is 0 Å². The van der Waals surface area contributed by atoms with Crippen LogP contribution in [0.1, 0.15) is 26.7 Å². The third-order valence-electron chi connectivity index (χ3n) is 1.77. The summed E-state index contributed by atoms with van der Waals surface area (Å²) in [5.74, 6) is 6.52. The highest BCUT2D eigenvalue weighted by atomic mass is 32.2. The Kier molecular flexibility index (Phi) is 8.97. The fourth-order valence-electron chi connectivity index (χ4n) is 0.997. The largest absolute Gasteiger partial charge is 0.385 e. The molecule has 0 aromatic rings. The second kappa shape index (κ2) is 8.81. The number of hydrogen-bond donors (Lipinski definition) is 2. The van der Waals surface area contributed by atoms with E-state index in [1.54, 1.807) is 7.11 Å². The highest BCUT2D eigenvalue weighted by molar-refractivity contribution is 7.99. The summed E-state index contributed by atoms with van der Waals surface area (Å²) in [7, 11) is 1.73. The highest BCUT2D eigenvalue weighted by Crippen LogP contribution is 2.12. The van der Waals surface area contributed by atoms with Crippen LogP contribution in [-0.4, -0.2) is 30.8 Å². The summed E-state index contributed by atoms with van der Waals surface area (Å²) in [4.78, 5) is 0. The van der Waals surface area contributed by atoms with Crippen LogP contribution in [0, 0.1) is 0 Å². The van der Waals surface area contributed by atoms with Gasteiger partial charge in [-0.2, -0.15) is 11.8 Å². The van der Waals surface area contributed by atoms with E-state index >= 15 is 0 Å². The lowest BCUT2D eigenvalue weighted by atomic mass is 10.2. The fraction of sp³-hybridized carbons (Fsp3) is 1.00. The summed E-state index contributed by atoms with van der Waals surface area (Å²) in [5, 5.41) is 0.679. The number of hydrogen-bond acceptors (Lipinski definition) is 4. The van der Waals surface area contributed by atoms with Gasteiger partial charge in [0.15, 0.2) is 0 Å². The summed E-state index contributed by atoms with van der Waals surface area (Å²) in [6, 6.07) is 0.419. The van der Waals surface area contributed by atoms with Crippen LogP contribution in [-0.2, 0) is 4.74 Å². The Balaban J connectivity index is 3.39. The molecule has 4 heteroatoms. The molecular weight excluding hydrogens is 184 g/mol. The SMILES string of the molecule is COCCCC(CSC(C)C)NN. The first kappa shape index (κ1) is 13.2. The molecule has 0 bridgehead atoms. The van der Waals surface area contributed by atoms with Gasteiger partial charge in [-0.3, -0.25) is 11.3 Å². The first-order chi connectivity index (χ1) is 6.20. The molecule has 80 valence electrons. The Morgan fingerprint density at radius 1 is 1.46 bits per heavy atom. The van der Waals surface area contributed by atoms with E-state index in [2.05, 4.69) is 19.3 Å². The smallest absolute Gasteiger partial charge is 0.0462 e. The second-order valence-electron chi connectivity index (χ2n) is 3.38. The van der Waals surface area contributed by atoms with Crippen molar-refractivity contribution in [2.75, 3.05) is 19.5 Å². The number of hydrazine groups is 1. The number of methoxy groups -OCH3 is 1. The molecule has 13 heavy (non-hydrogen) atoms. The van der Waals surface area contributed by atoms with Crippen molar-refractivity contribution in [1.29, 1.82) is 0 Å². The topological polar surface area (TPSA) is 47.3 Å². The summed E-state index contributed by atoms with van der Waals surface area (Å²) in [6.07, 6.45) is 2.16. The summed E-state index contributed by atoms with van der Waals surface area (Å²) < 4.78 is 4.99. The Hall–Kier alpha value is 0.230. The normalized spacial score (nSPS) is 13.6. The number of thioether (sulfide) groups is 1. The highest BCUT2D eigenvalue weighted by Gasteiger charge is 2.06. The van der Waals surface area contributed by atoms with E-state index in [0.29, 0.717) is 11.3 Å². The molecule has 0 aliphatic rings. The molecule has 0 rings (SSSR count). The predicted octanol–water partition coefficient (Wildman–Crippen LogP) is 1.39. The van der Waals surface area contributed by atoms with Crippen LogP contribution in [0.3, 0.4) is 0 Å². The van der Waals surface area contributed by atoms with E-state index in [1.807, 2.05) is 11.8 Å². The van der Waals surface area contributed by atoms with Crippen molar-refractivity contribution < 1.29 is 4.74 Å². The maximum absolute atomic E-state index is 5.44. The summed E-state index contributed by atoms with van der Waals surface area (Å²) >= 11 is 1.94. The lowest BCUT2D eigenvalue weighted by molar-refractivity contribution is 0.189. The van der Waals surface area contributed by atoms with Gasteiger partial charge in [-0.15, -0.1) is 0 Å². The first-order valence-electron chi connectivity index (χ1n) is 4.77. The number of rotatable bonds is 8. The van der Waals surface area contributed by atoms with E-state index in [9.17, 15) is 0 Å². The fourth-order valence-corrected chi connectivity index (χ4v) is 1.88. The van der Waals surface area contributed by atoms with Crippen molar-refractivity contribution in [2.24, 2.45) is 5.84 Å².